The molecule has 13 heavy (non-hydrogen) atoms. The number of rotatable bonds is 6. The number of hydrogen-bond acceptors (Lipinski definition) is 4. The third kappa shape index (κ3) is 5.60. The van der Waals surface area contributed by atoms with Gasteiger partial charge in [0.1, 0.15) is 0 Å². The van der Waals surface area contributed by atoms with Crippen molar-refractivity contribution < 1.29 is 14.6 Å². The zero-order valence-electron chi connectivity index (χ0n) is 8.54. The summed E-state index contributed by atoms with van der Waals surface area (Å²) in [6.45, 7) is 4.69. The van der Waals surface area contributed by atoms with Gasteiger partial charge in [0.05, 0.1) is 13.5 Å². The van der Waals surface area contributed by atoms with Crippen LogP contribution in [0.4, 0.5) is 0 Å². The van der Waals surface area contributed by atoms with Crippen LogP contribution < -0.4 is 5.32 Å². The molecule has 2 atom stereocenters. The fourth-order valence-electron chi connectivity index (χ4n) is 0.863. The lowest BCUT2D eigenvalue weighted by Crippen LogP contribution is -2.35. The maximum Gasteiger partial charge on any atom is 0.306 e. The summed E-state index contributed by atoms with van der Waals surface area (Å²) in [5.41, 5.74) is 0. The Morgan fingerprint density at radius 1 is 1.54 bits per heavy atom. The number of carbonyl (C=O) groups excluding carboxylic acids is 1. The van der Waals surface area contributed by atoms with E-state index >= 15 is 0 Å². The maximum atomic E-state index is 10.7. The van der Waals surface area contributed by atoms with Crippen LogP contribution in [0.2, 0.25) is 0 Å². The molecule has 0 saturated heterocycles. The molecule has 78 valence electrons. The monoisotopic (exact) mass is 189 g/mol. The van der Waals surface area contributed by atoms with Gasteiger partial charge in [0.25, 0.3) is 0 Å². The van der Waals surface area contributed by atoms with E-state index in [4.69, 9.17) is 5.11 Å². The topological polar surface area (TPSA) is 58.6 Å². The lowest BCUT2D eigenvalue weighted by Gasteiger charge is -2.18. The summed E-state index contributed by atoms with van der Waals surface area (Å²) in [6, 6.07) is 0.217. The lowest BCUT2D eigenvalue weighted by molar-refractivity contribution is -0.140. The molecule has 4 heteroatoms. The van der Waals surface area contributed by atoms with Crippen molar-refractivity contribution >= 4 is 5.97 Å². The van der Waals surface area contributed by atoms with Crippen molar-refractivity contribution in [1.29, 1.82) is 0 Å². The van der Waals surface area contributed by atoms with Crippen molar-refractivity contribution in [3.05, 3.63) is 0 Å². The number of nitrogens with one attached hydrogen (secondary N) is 1. The molecule has 0 aromatic carbocycles. The first-order chi connectivity index (χ1) is 6.11. The van der Waals surface area contributed by atoms with Gasteiger partial charge >= 0.3 is 5.97 Å². The van der Waals surface area contributed by atoms with Gasteiger partial charge in [-0.25, -0.2) is 0 Å². The molecular formula is C9H19NO3. The molecule has 0 saturated carbocycles. The van der Waals surface area contributed by atoms with E-state index in [1.165, 1.54) is 7.11 Å². The van der Waals surface area contributed by atoms with Gasteiger partial charge in [0, 0.05) is 19.2 Å². The highest BCUT2D eigenvalue weighted by Crippen LogP contribution is 2.00. The second kappa shape index (κ2) is 6.86. The van der Waals surface area contributed by atoms with E-state index in [-0.39, 0.29) is 24.5 Å². The average molecular weight is 189 g/mol. The molecule has 0 fully saturated rings. The summed E-state index contributed by atoms with van der Waals surface area (Å²) in [5, 5.41) is 12.0. The van der Waals surface area contributed by atoms with E-state index in [2.05, 4.69) is 10.1 Å². The van der Waals surface area contributed by atoms with Crippen molar-refractivity contribution in [2.45, 2.75) is 26.3 Å². The number of hydrogen-bond donors (Lipinski definition) is 2. The van der Waals surface area contributed by atoms with Crippen LogP contribution in [0.25, 0.3) is 0 Å². The summed E-state index contributed by atoms with van der Waals surface area (Å²) < 4.78 is 4.49. The fourth-order valence-corrected chi connectivity index (χ4v) is 0.863. The van der Waals surface area contributed by atoms with Crippen LogP contribution in [-0.2, 0) is 9.53 Å². The van der Waals surface area contributed by atoms with Gasteiger partial charge in [-0.3, -0.25) is 4.79 Å². The minimum absolute atomic E-state index is 0.159. The van der Waals surface area contributed by atoms with Gasteiger partial charge in [-0.2, -0.15) is 0 Å². The Morgan fingerprint density at radius 3 is 2.62 bits per heavy atom. The smallest absolute Gasteiger partial charge is 0.306 e. The van der Waals surface area contributed by atoms with Gasteiger partial charge in [0.15, 0.2) is 0 Å². The highest BCUT2D eigenvalue weighted by atomic mass is 16.5. The SMILES string of the molecule is COC(=O)CCNC(C)C(C)CO. The van der Waals surface area contributed by atoms with Gasteiger partial charge in [-0.05, 0) is 12.8 Å². The van der Waals surface area contributed by atoms with E-state index in [0.717, 1.165) is 0 Å². The summed E-state index contributed by atoms with van der Waals surface area (Å²) in [5.74, 6) is -0.00556. The van der Waals surface area contributed by atoms with Crippen molar-refractivity contribution in [2.24, 2.45) is 5.92 Å². The minimum atomic E-state index is -0.212. The van der Waals surface area contributed by atoms with Gasteiger partial charge in [-0.1, -0.05) is 6.92 Å². The van der Waals surface area contributed by atoms with Crippen molar-refractivity contribution in [3.63, 3.8) is 0 Å². The molecule has 2 N–H and O–H groups in total. The molecule has 0 amide bonds. The van der Waals surface area contributed by atoms with Gasteiger partial charge in [-0.15, -0.1) is 0 Å². The zero-order valence-corrected chi connectivity index (χ0v) is 8.54. The van der Waals surface area contributed by atoms with Gasteiger partial charge < -0.3 is 15.2 Å². The van der Waals surface area contributed by atoms with Crippen LogP contribution in [0, 0.1) is 5.92 Å². The maximum absolute atomic E-state index is 10.7. The first-order valence-corrected chi connectivity index (χ1v) is 4.52. The predicted octanol–water partition coefficient (Wildman–Crippen LogP) is 0.156. The second-order valence-corrected chi connectivity index (χ2v) is 3.23. The minimum Gasteiger partial charge on any atom is -0.469 e. The fraction of sp³-hybridized carbons (Fsp3) is 0.889. The van der Waals surface area contributed by atoms with Crippen LogP contribution in [0.1, 0.15) is 20.3 Å². The molecule has 4 nitrogen and oxygen atoms in total. The summed E-state index contributed by atoms with van der Waals surface area (Å²) in [7, 11) is 1.38. The van der Waals surface area contributed by atoms with Crippen LogP contribution in [0.3, 0.4) is 0 Å². The van der Waals surface area contributed by atoms with Crippen molar-refractivity contribution in [3.8, 4) is 0 Å². The van der Waals surface area contributed by atoms with Crippen LogP contribution in [0.5, 0.6) is 0 Å². The molecule has 0 aliphatic heterocycles. The Kier molecular flexibility index (Phi) is 6.54. The summed E-state index contributed by atoms with van der Waals surface area (Å²) in [4.78, 5) is 10.7. The number of esters is 1. The molecule has 0 aromatic heterocycles. The molecule has 0 bridgehead atoms. The molecule has 0 rings (SSSR count). The molecule has 2 unspecified atom stereocenters. The Hall–Kier alpha value is -0.610. The molecule has 0 aliphatic rings. The lowest BCUT2D eigenvalue weighted by atomic mass is 10.1. The number of aliphatic hydroxyl groups is 1. The Bertz CT molecular complexity index is 150. The molecule has 0 heterocycles. The van der Waals surface area contributed by atoms with E-state index in [1.54, 1.807) is 0 Å². The first kappa shape index (κ1) is 12.4. The third-order valence-corrected chi connectivity index (χ3v) is 2.16. The van der Waals surface area contributed by atoms with E-state index in [9.17, 15) is 4.79 Å². The highest BCUT2D eigenvalue weighted by molar-refractivity contribution is 5.69. The molecule has 0 aromatic rings. The Morgan fingerprint density at radius 2 is 2.15 bits per heavy atom. The number of aliphatic hydroxyl groups excluding tert-OH is 1. The Labute approximate surface area is 79.3 Å². The van der Waals surface area contributed by atoms with Crippen LogP contribution in [-0.4, -0.2) is 37.4 Å². The highest BCUT2D eigenvalue weighted by Gasteiger charge is 2.10. The van der Waals surface area contributed by atoms with Crippen LogP contribution >= 0.6 is 0 Å². The van der Waals surface area contributed by atoms with Crippen molar-refractivity contribution in [1.82, 2.24) is 5.32 Å². The molecule has 0 aliphatic carbocycles. The molecular weight excluding hydrogens is 170 g/mol. The van der Waals surface area contributed by atoms with Crippen LogP contribution in [0.15, 0.2) is 0 Å². The predicted molar refractivity (Wildman–Crippen MR) is 50.3 cm³/mol. The van der Waals surface area contributed by atoms with Gasteiger partial charge in [0.2, 0.25) is 0 Å². The molecule has 0 spiro atoms. The standard InChI is InChI=1S/C9H19NO3/c1-7(6-11)8(2)10-5-4-9(12)13-3/h7-8,10-11H,4-6H2,1-3H3. The second-order valence-electron chi connectivity index (χ2n) is 3.23. The largest absolute Gasteiger partial charge is 0.469 e. The quantitative estimate of drug-likeness (QED) is 0.584. The average Bonchev–Trinajstić information content (AvgIpc) is 2.15. The normalized spacial score (nSPS) is 15.1. The number of carbonyl (C=O) groups is 1. The summed E-state index contributed by atoms with van der Waals surface area (Å²) in [6.07, 6.45) is 0.374. The summed E-state index contributed by atoms with van der Waals surface area (Å²) >= 11 is 0. The van der Waals surface area contributed by atoms with E-state index in [0.29, 0.717) is 13.0 Å². The van der Waals surface area contributed by atoms with E-state index < -0.39 is 0 Å². The zero-order chi connectivity index (χ0) is 10.3. The third-order valence-electron chi connectivity index (χ3n) is 2.16. The number of ether oxygens (including phenoxy) is 1. The number of methoxy groups -OCH3 is 1. The van der Waals surface area contributed by atoms with E-state index in [1.807, 2.05) is 13.8 Å². The first-order valence-electron chi connectivity index (χ1n) is 4.52. The Balaban J connectivity index is 3.47. The molecule has 0 radical (unpaired) electrons. The van der Waals surface area contributed by atoms with Crippen molar-refractivity contribution in [2.75, 3.05) is 20.3 Å².